The van der Waals surface area contributed by atoms with Crippen LogP contribution in [0.25, 0.3) is 0 Å². The summed E-state index contributed by atoms with van der Waals surface area (Å²) in [6.07, 6.45) is 4.68. The monoisotopic (exact) mass is 268 g/mol. The van der Waals surface area contributed by atoms with Crippen molar-refractivity contribution in [2.45, 2.75) is 58.5 Å². The summed E-state index contributed by atoms with van der Waals surface area (Å²) in [6, 6.07) is 0. The van der Waals surface area contributed by atoms with Crippen molar-refractivity contribution < 1.29 is 5.11 Å². The first-order valence-electron chi connectivity index (χ1n) is 6.83. The molecule has 2 N–H and O–H groups in total. The first-order chi connectivity index (χ1) is 8.54. The lowest BCUT2D eigenvalue weighted by molar-refractivity contribution is 0.0984. The first kappa shape index (κ1) is 14.0. The molecule has 3 nitrogen and oxygen atoms in total. The van der Waals surface area contributed by atoms with Crippen LogP contribution in [-0.2, 0) is 6.54 Å². The van der Waals surface area contributed by atoms with E-state index in [9.17, 15) is 5.11 Å². The van der Waals surface area contributed by atoms with Gasteiger partial charge in [0.2, 0.25) is 0 Å². The number of aromatic nitrogens is 1. The Morgan fingerprint density at radius 1 is 1.50 bits per heavy atom. The summed E-state index contributed by atoms with van der Waals surface area (Å²) >= 11 is 1.76. The van der Waals surface area contributed by atoms with E-state index in [-0.39, 0.29) is 12.1 Å². The van der Waals surface area contributed by atoms with Crippen LogP contribution >= 0.6 is 11.3 Å². The average molecular weight is 268 g/mol. The molecule has 1 aliphatic carbocycles. The van der Waals surface area contributed by atoms with Crippen molar-refractivity contribution in [3.05, 3.63) is 15.6 Å². The van der Waals surface area contributed by atoms with E-state index in [1.54, 1.807) is 11.3 Å². The van der Waals surface area contributed by atoms with Gasteiger partial charge in [0.25, 0.3) is 0 Å². The fourth-order valence-corrected chi connectivity index (χ4v) is 3.90. The van der Waals surface area contributed by atoms with Crippen molar-refractivity contribution in [2.75, 3.05) is 6.61 Å². The molecule has 2 atom stereocenters. The van der Waals surface area contributed by atoms with Gasteiger partial charge in [-0.05, 0) is 32.6 Å². The number of aliphatic hydroxyl groups excluding tert-OH is 1. The summed E-state index contributed by atoms with van der Waals surface area (Å²) in [7, 11) is 0. The molecule has 0 bridgehead atoms. The van der Waals surface area contributed by atoms with E-state index >= 15 is 0 Å². The van der Waals surface area contributed by atoms with Gasteiger partial charge in [0.15, 0.2) is 0 Å². The van der Waals surface area contributed by atoms with Gasteiger partial charge < -0.3 is 10.4 Å². The number of nitrogens with zero attached hydrogens (tertiary/aromatic N) is 1. The van der Waals surface area contributed by atoms with Crippen molar-refractivity contribution in [3.8, 4) is 0 Å². The smallest absolute Gasteiger partial charge is 0.0900 e. The number of aliphatic hydroxyl groups is 1. The molecule has 102 valence electrons. The standard InChI is InChI=1S/C14H24N2OS/c1-10-5-4-6-14(7-10,9-17)15-8-13-11(2)16-12(3)18-13/h10,15,17H,4-9H2,1-3H3. The lowest BCUT2D eigenvalue weighted by atomic mass is 9.77. The van der Waals surface area contributed by atoms with Crippen LogP contribution in [0.4, 0.5) is 0 Å². The molecule has 2 unspecified atom stereocenters. The van der Waals surface area contributed by atoms with Crippen LogP contribution in [0.15, 0.2) is 0 Å². The maximum atomic E-state index is 9.74. The van der Waals surface area contributed by atoms with Crippen LogP contribution in [0.5, 0.6) is 0 Å². The SMILES string of the molecule is Cc1nc(C)c(CNC2(CO)CCCC(C)C2)s1. The van der Waals surface area contributed by atoms with Gasteiger partial charge >= 0.3 is 0 Å². The zero-order chi connectivity index (χ0) is 13.2. The molecule has 0 aliphatic heterocycles. The molecule has 1 fully saturated rings. The topological polar surface area (TPSA) is 45.2 Å². The molecule has 0 aromatic carbocycles. The maximum Gasteiger partial charge on any atom is 0.0900 e. The Kier molecular flexibility index (Phi) is 4.41. The molecule has 0 saturated heterocycles. The Hall–Kier alpha value is -0.450. The Bertz CT molecular complexity index is 404. The third-order valence-electron chi connectivity index (χ3n) is 4.02. The minimum atomic E-state index is -0.0675. The van der Waals surface area contributed by atoms with Crippen molar-refractivity contribution in [1.29, 1.82) is 0 Å². The second-order valence-corrected chi connectivity index (χ2v) is 7.02. The van der Waals surface area contributed by atoms with Gasteiger partial charge in [0.05, 0.1) is 17.3 Å². The van der Waals surface area contributed by atoms with Gasteiger partial charge in [-0.3, -0.25) is 0 Å². The van der Waals surface area contributed by atoms with Crippen LogP contribution in [-0.4, -0.2) is 22.2 Å². The largest absolute Gasteiger partial charge is 0.394 e. The molecule has 1 saturated carbocycles. The van der Waals surface area contributed by atoms with Gasteiger partial charge in [0.1, 0.15) is 0 Å². The van der Waals surface area contributed by atoms with Crippen LogP contribution < -0.4 is 5.32 Å². The Balaban J connectivity index is 2.00. The molecule has 2 rings (SSSR count). The molecule has 0 amide bonds. The highest BCUT2D eigenvalue weighted by Crippen LogP contribution is 2.32. The quantitative estimate of drug-likeness (QED) is 0.882. The molecule has 18 heavy (non-hydrogen) atoms. The van der Waals surface area contributed by atoms with E-state index in [0.29, 0.717) is 5.92 Å². The highest BCUT2D eigenvalue weighted by molar-refractivity contribution is 7.11. The second-order valence-electron chi connectivity index (χ2n) is 5.73. The lowest BCUT2D eigenvalue weighted by Crippen LogP contribution is -2.51. The second kappa shape index (κ2) is 5.68. The van der Waals surface area contributed by atoms with Crippen molar-refractivity contribution in [1.82, 2.24) is 10.3 Å². The zero-order valence-electron chi connectivity index (χ0n) is 11.6. The predicted octanol–water partition coefficient (Wildman–Crippen LogP) is 2.79. The highest BCUT2D eigenvalue weighted by atomic mass is 32.1. The minimum Gasteiger partial charge on any atom is -0.394 e. The Morgan fingerprint density at radius 3 is 2.83 bits per heavy atom. The molecular formula is C14H24N2OS. The summed E-state index contributed by atoms with van der Waals surface area (Å²) in [5, 5.41) is 14.5. The van der Waals surface area contributed by atoms with Crippen LogP contribution in [0.1, 0.15) is 48.2 Å². The number of hydrogen-bond donors (Lipinski definition) is 2. The lowest BCUT2D eigenvalue weighted by Gasteiger charge is -2.39. The Labute approximate surface area is 114 Å². The van der Waals surface area contributed by atoms with Gasteiger partial charge in [0, 0.05) is 17.0 Å². The number of thiazole rings is 1. The number of nitrogens with one attached hydrogen (secondary N) is 1. The summed E-state index contributed by atoms with van der Waals surface area (Å²) < 4.78 is 0. The number of rotatable bonds is 4. The fraction of sp³-hybridized carbons (Fsp3) is 0.786. The molecule has 1 aromatic rings. The van der Waals surface area contributed by atoms with E-state index < -0.39 is 0 Å². The van der Waals surface area contributed by atoms with Crippen LogP contribution in [0, 0.1) is 19.8 Å². The fourth-order valence-electron chi connectivity index (χ4n) is 3.03. The third kappa shape index (κ3) is 3.11. The summed E-state index contributed by atoms with van der Waals surface area (Å²) in [5.41, 5.74) is 1.06. The summed E-state index contributed by atoms with van der Waals surface area (Å²) in [4.78, 5) is 5.76. The van der Waals surface area contributed by atoms with Gasteiger partial charge in [-0.15, -0.1) is 11.3 Å². The van der Waals surface area contributed by atoms with Gasteiger partial charge in [-0.1, -0.05) is 19.8 Å². The minimum absolute atomic E-state index is 0.0675. The Morgan fingerprint density at radius 2 is 2.28 bits per heavy atom. The van der Waals surface area contributed by atoms with E-state index in [0.717, 1.165) is 30.1 Å². The summed E-state index contributed by atoms with van der Waals surface area (Å²) in [5.74, 6) is 0.711. The zero-order valence-corrected chi connectivity index (χ0v) is 12.4. The highest BCUT2D eigenvalue weighted by Gasteiger charge is 2.33. The molecule has 1 aliphatic rings. The van der Waals surface area contributed by atoms with Crippen molar-refractivity contribution >= 4 is 11.3 Å². The van der Waals surface area contributed by atoms with E-state index in [2.05, 4.69) is 24.1 Å². The molecular weight excluding hydrogens is 244 g/mol. The van der Waals surface area contributed by atoms with Gasteiger partial charge in [-0.2, -0.15) is 0 Å². The van der Waals surface area contributed by atoms with E-state index in [1.165, 1.54) is 17.7 Å². The average Bonchev–Trinajstić information content (AvgIpc) is 2.65. The molecule has 0 radical (unpaired) electrons. The van der Waals surface area contributed by atoms with Crippen LogP contribution in [0.3, 0.4) is 0 Å². The van der Waals surface area contributed by atoms with Crippen molar-refractivity contribution in [3.63, 3.8) is 0 Å². The molecule has 4 heteroatoms. The number of aryl methyl sites for hydroxylation is 2. The normalized spacial score (nSPS) is 28.6. The summed E-state index contributed by atoms with van der Waals surface area (Å²) in [6.45, 7) is 7.48. The van der Waals surface area contributed by atoms with Crippen LogP contribution in [0.2, 0.25) is 0 Å². The predicted molar refractivity (Wildman–Crippen MR) is 75.9 cm³/mol. The van der Waals surface area contributed by atoms with Gasteiger partial charge in [-0.25, -0.2) is 4.98 Å². The van der Waals surface area contributed by atoms with E-state index in [1.807, 2.05) is 6.92 Å². The molecule has 1 aromatic heterocycles. The maximum absolute atomic E-state index is 9.74. The third-order valence-corrected chi connectivity index (χ3v) is 5.09. The molecule has 0 spiro atoms. The van der Waals surface area contributed by atoms with Crippen molar-refractivity contribution in [2.24, 2.45) is 5.92 Å². The number of hydrogen-bond acceptors (Lipinski definition) is 4. The van der Waals surface area contributed by atoms with E-state index in [4.69, 9.17) is 0 Å². The molecule has 1 heterocycles. The first-order valence-corrected chi connectivity index (χ1v) is 7.65.